The Bertz CT molecular complexity index is 304. The molecule has 0 radical (unpaired) electrons. The summed E-state index contributed by atoms with van der Waals surface area (Å²) in [4.78, 5) is 10.3. The second-order valence-corrected chi connectivity index (χ2v) is 5.74. The molecule has 0 fully saturated rings. The summed E-state index contributed by atoms with van der Waals surface area (Å²) in [6, 6.07) is 0. The van der Waals surface area contributed by atoms with Crippen molar-refractivity contribution in [1.82, 2.24) is 0 Å². The van der Waals surface area contributed by atoms with E-state index in [2.05, 4.69) is 12.7 Å². The maximum absolute atomic E-state index is 10.3. The summed E-state index contributed by atoms with van der Waals surface area (Å²) in [5, 5.41) is 8.46. The first kappa shape index (κ1) is 20.9. The Kier molecular flexibility index (Phi) is 17.1. The number of ether oxygens (including phenoxy) is 1. The predicted octanol–water partition coefficient (Wildman–Crippen LogP) is 5.50. The van der Waals surface area contributed by atoms with E-state index in [1.165, 1.54) is 51.4 Å². The maximum atomic E-state index is 10.3. The molecule has 0 heterocycles. The lowest BCUT2D eigenvalue weighted by molar-refractivity contribution is -0.136. The molecular formula is C19H34O3. The van der Waals surface area contributed by atoms with E-state index in [9.17, 15) is 4.79 Å². The van der Waals surface area contributed by atoms with Gasteiger partial charge in [-0.2, -0.15) is 0 Å². The highest BCUT2D eigenvalue weighted by molar-refractivity contribution is 5.66. The second kappa shape index (κ2) is 18.0. The van der Waals surface area contributed by atoms with Gasteiger partial charge in [0.2, 0.25) is 0 Å². The topological polar surface area (TPSA) is 46.5 Å². The fourth-order valence-corrected chi connectivity index (χ4v) is 2.20. The fourth-order valence-electron chi connectivity index (χ4n) is 2.20. The average Bonchev–Trinajstić information content (AvgIpc) is 2.50. The molecule has 0 saturated heterocycles. The quantitative estimate of drug-likeness (QED) is 0.302. The van der Waals surface area contributed by atoms with Gasteiger partial charge in [0.1, 0.15) is 0 Å². The molecule has 3 heteroatoms. The maximum Gasteiger partial charge on any atom is 0.303 e. The Morgan fingerprint density at radius 1 is 0.909 bits per heavy atom. The Morgan fingerprint density at radius 2 is 1.50 bits per heavy atom. The Labute approximate surface area is 136 Å². The highest BCUT2D eigenvalue weighted by atomic mass is 16.5. The van der Waals surface area contributed by atoms with Crippen LogP contribution in [-0.4, -0.2) is 24.3 Å². The van der Waals surface area contributed by atoms with Crippen molar-refractivity contribution < 1.29 is 14.6 Å². The number of carboxylic acids is 1. The third kappa shape index (κ3) is 18.9. The first-order valence-corrected chi connectivity index (χ1v) is 8.96. The molecule has 0 aromatic rings. The van der Waals surface area contributed by atoms with E-state index < -0.39 is 5.97 Å². The highest BCUT2D eigenvalue weighted by Gasteiger charge is 1.93. The summed E-state index contributed by atoms with van der Waals surface area (Å²) >= 11 is 0. The van der Waals surface area contributed by atoms with Gasteiger partial charge in [0.15, 0.2) is 0 Å². The summed E-state index contributed by atoms with van der Waals surface area (Å²) in [7, 11) is 0. The molecule has 0 unspecified atom stereocenters. The summed E-state index contributed by atoms with van der Waals surface area (Å²) in [5.41, 5.74) is 2.99. The molecule has 0 atom stereocenters. The van der Waals surface area contributed by atoms with Gasteiger partial charge in [-0.1, -0.05) is 58.3 Å². The number of hydrogen-bond donors (Lipinski definition) is 1. The van der Waals surface area contributed by atoms with Gasteiger partial charge in [-0.25, -0.2) is 0 Å². The molecule has 0 aliphatic heterocycles. The van der Waals surface area contributed by atoms with E-state index in [0.29, 0.717) is 6.42 Å². The van der Waals surface area contributed by atoms with Crippen molar-refractivity contribution in [2.24, 2.45) is 0 Å². The summed E-state index contributed by atoms with van der Waals surface area (Å²) in [6.07, 6.45) is 17.3. The van der Waals surface area contributed by atoms with Gasteiger partial charge < -0.3 is 9.84 Å². The van der Waals surface area contributed by atoms with E-state index in [4.69, 9.17) is 9.84 Å². The minimum atomic E-state index is -0.762. The van der Waals surface area contributed by atoms with Crippen LogP contribution in [0.4, 0.5) is 0 Å². The van der Waals surface area contributed by atoms with Crippen LogP contribution in [-0.2, 0) is 9.53 Å². The van der Waals surface area contributed by atoms with Crippen molar-refractivity contribution in [3.63, 3.8) is 0 Å². The Balaban J connectivity index is 3.14. The molecule has 0 rings (SSSR count). The van der Waals surface area contributed by atoms with Crippen LogP contribution in [0, 0.1) is 0 Å². The van der Waals surface area contributed by atoms with Crippen LogP contribution < -0.4 is 0 Å². The molecule has 0 aromatic heterocycles. The van der Waals surface area contributed by atoms with Gasteiger partial charge in [-0.15, -0.1) is 5.73 Å². The van der Waals surface area contributed by atoms with Gasteiger partial charge in [-0.3, -0.25) is 4.79 Å². The molecule has 0 bridgehead atoms. The first-order chi connectivity index (χ1) is 10.8. The summed E-state index contributed by atoms with van der Waals surface area (Å²) in [6.45, 7) is 3.84. The number of carbonyl (C=O) groups is 1. The molecule has 3 nitrogen and oxygen atoms in total. The van der Waals surface area contributed by atoms with Crippen LogP contribution >= 0.6 is 0 Å². The smallest absolute Gasteiger partial charge is 0.303 e. The lowest BCUT2D eigenvalue weighted by atomic mass is 10.1. The molecule has 0 amide bonds. The number of unbranched alkanes of at least 4 members (excludes halogenated alkanes) is 8. The van der Waals surface area contributed by atoms with Gasteiger partial charge in [0.25, 0.3) is 0 Å². The lowest BCUT2D eigenvalue weighted by Crippen LogP contribution is -1.95. The molecule has 22 heavy (non-hydrogen) atoms. The number of rotatable bonds is 16. The minimum Gasteiger partial charge on any atom is -0.481 e. The van der Waals surface area contributed by atoms with Gasteiger partial charge in [0.05, 0.1) is 6.61 Å². The van der Waals surface area contributed by atoms with Crippen molar-refractivity contribution in [3.05, 3.63) is 17.9 Å². The SMILES string of the molecule is CCCCCCCCCCCOCCC=C=CCCC(=O)O. The average molecular weight is 310 g/mol. The fraction of sp³-hybridized carbons (Fsp3) is 0.789. The van der Waals surface area contributed by atoms with E-state index >= 15 is 0 Å². The van der Waals surface area contributed by atoms with E-state index in [1.54, 1.807) is 6.08 Å². The van der Waals surface area contributed by atoms with Crippen LogP contribution in [0.3, 0.4) is 0 Å². The van der Waals surface area contributed by atoms with E-state index in [0.717, 1.165) is 26.1 Å². The van der Waals surface area contributed by atoms with Crippen molar-refractivity contribution in [3.8, 4) is 0 Å². The van der Waals surface area contributed by atoms with Crippen LogP contribution in [0.5, 0.6) is 0 Å². The Morgan fingerprint density at radius 3 is 2.14 bits per heavy atom. The standard InChI is InChI=1S/C19H34O3/c1-2-3-4-5-6-7-8-11-14-17-22-18-15-12-9-10-13-16-19(20)21/h10,12H,2-8,11,13-18H2,1H3,(H,20,21). The largest absolute Gasteiger partial charge is 0.481 e. The number of aliphatic carboxylic acids is 1. The van der Waals surface area contributed by atoms with Crippen LogP contribution in [0.25, 0.3) is 0 Å². The van der Waals surface area contributed by atoms with Gasteiger partial charge in [0, 0.05) is 13.0 Å². The second-order valence-electron chi connectivity index (χ2n) is 5.74. The molecule has 0 spiro atoms. The molecule has 0 aliphatic rings. The number of hydrogen-bond acceptors (Lipinski definition) is 2. The zero-order valence-electron chi connectivity index (χ0n) is 14.3. The molecule has 0 aliphatic carbocycles. The Hall–Kier alpha value is -1.05. The monoisotopic (exact) mass is 310 g/mol. The predicted molar refractivity (Wildman–Crippen MR) is 92.2 cm³/mol. The summed E-state index contributed by atoms with van der Waals surface area (Å²) < 4.78 is 5.56. The van der Waals surface area contributed by atoms with Crippen LogP contribution in [0.1, 0.15) is 84.0 Å². The van der Waals surface area contributed by atoms with Crippen molar-refractivity contribution in [2.45, 2.75) is 84.0 Å². The van der Waals surface area contributed by atoms with Gasteiger partial charge in [-0.05, 0) is 31.4 Å². The molecule has 128 valence electrons. The third-order valence-corrected chi connectivity index (χ3v) is 3.54. The zero-order valence-corrected chi connectivity index (χ0v) is 14.3. The third-order valence-electron chi connectivity index (χ3n) is 3.54. The normalized spacial score (nSPS) is 10.2. The van der Waals surface area contributed by atoms with Gasteiger partial charge >= 0.3 is 5.97 Å². The van der Waals surface area contributed by atoms with E-state index in [-0.39, 0.29) is 6.42 Å². The number of carboxylic acid groups (broad SMARTS) is 1. The molecule has 0 saturated carbocycles. The van der Waals surface area contributed by atoms with Crippen LogP contribution in [0.2, 0.25) is 0 Å². The highest BCUT2D eigenvalue weighted by Crippen LogP contribution is 2.09. The summed E-state index contributed by atoms with van der Waals surface area (Å²) in [5.74, 6) is -0.762. The molecule has 1 N–H and O–H groups in total. The minimum absolute atomic E-state index is 0.177. The van der Waals surface area contributed by atoms with E-state index in [1.807, 2.05) is 6.08 Å². The first-order valence-electron chi connectivity index (χ1n) is 8.96. The lowest BCUT2D eigenvalue weighted by Gasteiger charge is -2.03. The zero-order chi connectivity index (χ0) is 16.3. The molecule has 0 aromatic carbocycles. The van der Waals surface area contributed by atoms with Crippen molar-refractivity contribution in [1.29, 1.82) is 0 Å². The van der Waals surface area contributed by atoms with Crippen LogP contribution in [0.15, 0.2) is 17.9 Å². The van der Waals surface area contributed by atoms with Crippen molar-refractivity contribution >= 4 is 5.97 Å². The van der Waals surface area contributed by atoms with Crippen molar-refractivity contribution in [2.75, 3.05) is 13.2 Å². The molecular weight excluding hydrogens is 276 g/mol.